The van der Waals surface area contributed by atoms with Crippen molar-refractivity contribution in [2.24, 2.45) is 0 Å². The average Bonchev–Trinajstić information content (AvgIpc) is 3.12. The molecule has 1 N–H and O–H groups in total. The van der Waals surface area contributed by atoms with Crippen LogP contribution in [0.2, 0.25) is 0 Å². The van der Waals surface area contributed by atoms with Crippen LogP contribution < -0.4 is 4.74 Å². The van der Waals surface area contributed by atoms with Crippen molar-refractivity contribution < 1.29 is 4.74 Å². The number of aromatic amines is 1. The van der Waals surface area contributed by atoms with Crippen LogP contribution in [-0.2, 0) is 0 Å². The number of allylic oxidation sites excluding steroid dienone is 1. The highest BCUT2D eigenvalue weighted by Gasteiger charge is 2.07. The zero-order chi connectivity index (χ0) is 17.8. The third-order valence-electron chi connectivity index (χ3n) is 3.93. The molecule has 0 saturated carbocycles. The first-order valence-corrected chi connectivity index (χ1v) is 8.22. The molecule has 0 amide bonds. The van der Waals surface area contributed by atoms with Crippen molar-refractivity contribution in [2.75, 3.05) is 0 Å². The monoisotopic (exact) mass is 337 g/mol. The van der Waals surface area contributed by atoms with Gasteiger partial charge >= 0.3 is 0 Å². The second-order valence-electron chi connectivity index (χ2n) is 5.76. The predicted molar refractivity (Wildman–Crippen MR) is 103 cm³/mol. The third-order valence-corrected chi connectivity index (χ3v) is 3.93. The maximum atomic E-state index is 9.51. The Morgan fingerprint density at radius 1 is 0.885 bits per heavy atom. The van der Waals surface area contributed by atoms with Crippen LogP contribution in [0.25, 0.3) is 22.7 Å². The normalized spacial score (nSPS) is 11.3. The fourth-order valence-electron chi connectivity index (χ4n) is 2.66. The van der Waals surface area contributed by atoms with Crippen LogP contribution in [0.3, 0.4) is 0 Å². The molecule has 0 atom stereocenters. The van der Waals surface area contributed by atoms with Gasteiger partial charge in [-0.15, -0.1) is 0 Å². The van der Waals surface area contributed by atoms with E-state index in [2.05, 4.69) is 16.0 Å². The summed E-state index contributed by atoms with van der Waals surface area (Å²) < 4.78 is 5.78. The molecule has 4 heteroatoms. The van der Waals surface area contributed by atoms with Gasteiger partial charge < -0.3 is 9.72 Å². The summed E-state index contributed by atoms with van der Waals surface area (Å²) in [6, 6.07) is 27.1. The van der Waals surface area contributed by atoms with Gasteiger partial charge in [-0.25, -0.2) is 4.98 Å². The quantitative estimate of drug-likeness (QED) is 0.506. The fourth-order valence-corrected chi connectivity index (χ4v) is 2.66. The van der Waals surface area contributed by atoms with Crippen LogP contribution in [0.5, 0.6) is 11.5 Å². The number of imidazole rings is 1. The lowest BCUT2D eigenvalue weighted by Crippen LogP contribution is -1.86. The number of fused-ring (bicyclic) bond motifs is 1. The first-order valence-electron chi connectivity index (χ1n) is 8.22. The van der Waals surface area contributed by atoms with E-state index in [4.69, 9.17) is 4.74 Å². The molecule has 0 spiro atoms. The van der Waals surface area contributed by atoms with Crippen LogP contribution in [0, 0.1) is 11.3 Å². The van der Waals surface area contributed by atoms with Gasteiger partial charge in [-0.3, -0.25) is 0 Å². The summed E-state index contributed by atoms with van der Waals surface area (Å²) in [5, 5.41) is 9.51. The Balaban J connectivity index is 1.58. The molecule has 0 radical (unpaired) electrons. The number of hydrogen-bond donors (Lipinski definition) is 1. The second kappa shape index (κ2) is 6.96. The molecule has 4 rings (SSSR count). The number of H-pyrrole nitrogens is 1. The SMILES string of the molecule is N#C/C(=C\c1ccc(Oc2ccccc2)cc1)c1nc2ccccc2[nH]1. The molecule has 124 valence electrons. The Labute approximate surface area is 151 Å². The van der Waals surface area contributed by atoms with Crippen LogP contribution in [-0.4, -0.2) is 9.97 Å². The maximum Gasteiger partial charge on any atom is 0.149 e. The molecule has 0 aliphatic carbocycles. The number of para-hydroxylation sites is 3. The van der Waals surface area contributed by atoms with Crippen LogP contribution in [0.1, 0.15) is 11.4 Å². The van der Waals surface area contributed by atoms with Crippen molar-refractivity contribution >= 4 is 22.7 Å². The number of nitrogens with zero attached hydrogens (tertiary/aromatic N) is 2. The lowest BCUT2D eigenvalue weighted by atomic mass is 10.1. The molecule has 0 aliphatic rings. The molecule has 0 unspecified atom stereocenters. The van der Waals surface area contributed by atoms with Crippen molar-refractivity contribution in [3.63, 3.8) is 0 Å². The molecular formula is C22H15N3O. The molecule has 0 bridgehead atoms. The standard InChI is InChI=1S/C22H15N3O/c23-15-17(22-24-20-8-4-5-9-21(20)25-22)14-16-10-12-19(13-11-16)26-18-6-2-1-3-7-18/h1-14H,(H,24,25)/b17-14+. The van der Waals surface area contributed by atoms with Gasteiger partial charge in [0.2, 0.25) is 0 Å². The Morgan fingerprint density at radius 2 is 1.58 bits per heavy atom. The molecule has 0 aliphatic heterocycles. The molecule has 1 aromatic heterocycles. The van der Waals surface area contributed by atoms with Crippen LogP contribution >= 0.6 is 0 Å². The highest BCUT2D eigenvalue weighted by molar-refractivity contribution is 5.90. The molecule has 26 heavy (non-hydrogen) atoms. The van der Waals surface area contributed by atoms with E-state index in [0.717, 1.165) is 28.1 Å². The van der Waals surface area contributed by atoms with Gasteiger partial charge in [-0.1, -0.05) is 42.5 Å². The lowest BCUT2D eigenvalue weighted by Gasteiger charge is -2.05. The number of ether oxygens (including phenoxy) is 1. The number of aromatic nitrogens is 2. The molecule has 0 saturated heterocycles. The highest BCUT2D eigenvalue weighted by Crippen LogP contribution is 2.23. The van der Waals surface area contributed by atoms with Crippen molar-refractivity contribution in [1.82, 2.24) is 9.97 Å². The van der Waals surface area contributed by atoms with Gasteiger partial charge in [0.05, 0.1) is 16.6 Å². The zero-order valence-electron chi connectivity index (χ0n) is 13.9. The van der Waals surface area contributed by atoms with Crippen molar-refractivity contribution in [2.45, 2.75) is 0 Å². The third kappa shape index (κ3) is 3.33. The molecule has 0 fully saturated rings. The fraction of sp³-hybridized carbons (Fsp3) is 0. The minimum absolute atomic E-state index is 0.484. The largest absolute Gasteiger partial charge is 0.457 e. The van der Waals surface area contributed by atoms with Crippen molar-refractivity contribution in [3.8, 4) is 17.6 Å². The summed E-state index contributed by atoms with van der Waals surface area (Å²) in [6.45, 7) is 0. The minimum atomic E-state index is 0.484. The number of rotatable bonds is 4. The van der Waals surface area contributed by atoms with E-state index in [9.17, 15) is 5.26 Å². The summed E-state index contributed by atoms with van der Waals surface area (Å²) in [5.74, 6) is 2.10. The van der Waals surface area contributed by atoms with Gasteiger partial charge in [0.15, 0.2) is 0 Å². The summed E-state index contributed by atoms with van der Waals surface area (Å²) in [7, 11) is 0. The predicted octanol–water partition coefficient (Wildman–Crippen LogP) is 5.42. The number of nitriles is 1. The Bertz CT molecular complexity index is 1070. The summed E-state index contributed by atoms with van der Waals surface area (Å²) in [6.07, 6.45) is 1.81. The summed E-state index contributed by atoms with van der Waals surface area (Å²) >= 11 is 0. The van der Waals surface area contributed by atoms with E-state index >= 15 is 0 Å². The summed E-state index contributed by atoms with van der Waals surface area (Å²) in [4.78, 5) is 7.67. The molecule has 1 heterocycles. The smallest absolute Gasteiger partial charge is 0.149 e. The lowest BCUT2D eigenvalue weighted by molar-refractivity contribution is 0.482. The van der Waals surface area contributed by atoms with Gasteiger partial charge in [0.25, 0.3) is 0 Å². The first kappa shape index (κ1) is 15.7. The second-order valence-corrected chi connectivity index (χ2v) is 5.76. The Morgan fingerprint density at radius 3 is 2.31 bits per heavy atom. The number of benzene rings is 3. The first-order chi connectivity index (χ1) is 12.8. The van der Waals surface area contributed by atoms with Gasteiger partial charge in [0, 0.05) is 0 Å². The van der Waals surface area contributed by atoms with E-state index in [0.29, 0.717) is 11.4 Å². The Hall–Kier alpha value is -3.84. The molecule has 3 aromatic carbocycles. The van der Waals surface area contributed by atoms with Crippen molar-refractivity contribution in [3.05, 3.63) is 90.3 Å². The molecule has 4 nitrogen and oxygen atoms in total. The number of hydrogen-bond acceptors (Lipinski definition) is 3. The summed E-state index contributed by atoms with van der Waals surface area (Å²) in [5.41, 5.74) is 3.14. The van der Waals surface area contributed by atoms with Crippen LogP contribution in [0.15, 0.2) is 78.9 Å². The van der Waals surface area contributed by atoms with Gasteiger partial charge in [0.1, 0.15) is 23.4 Å². The Kier molecular flexibility index (Phi) is 4.19. The van der Waals surface area contributed by atoms with Crippen molar-refractivity contribution in [1.29, 1.82) is 5.26 Å². The average molecular weight is 337 g/mol. The topological polar surface area (TPSA) is 61.7 Å². The maximum absolute atomic E-state index is 9.51. The van der Waals surface area contributed by atoms with E-state index in [1.165, 1.54) is 0 Å². The van der Waals surface area contributed by atoms with E-state index in [1.54, 1.807) is 0 Å². The van der Waals surface area contributed by atoms with Crippen LogP contribution in [0.4, 0.5) is 0 Å². The van der Waals surface area contributed by atoms with E-state index in [1.807, 2.05) is 84.9 Å². The number of nitrogens with one attached hydrogen (secondary N) is 1. The van der Waals surface area contributed by atoms with Gasteiger partial charge in [-0.05, 0) is 48.0 Å². The van der Waals surface area contributed by atoms with Gasteiger partial charge in [-0.2, -0.15) is 5.26 Å². The highest BCUT2D eigenvalue weighted by atomic mass is 16.5. The zero-order valence-corrected chi connectivity index (χ0v) is 13.9. The molecular weight excluding hydrogens is 322 g/mol. The van der Waals surface area contributed by atoms with E-state index < -0.39 is 0 Å². The van der Waals surface area contributed by atoms with E-state index in [-0.39, 0.29) is 0 Å². The molecule has 4 aromatic rings. The minimum Gasteiger partial charge on any atom is -0.457 e.